The summed E-state index contributed by atoms with van der Waals surface area (Å²) in [6.07, 6.45) is 5.09. The minimum atomic E-state index is -3.30. The third kappa shape index (κ3) is 5.53. The molecule has 0 bridgehead atoms. The highest BCUT2D eigenvalue weighted by molar-refractivity contribution is 7.90. The second-order valence-corrected chi connectivity index (χ2v) is 12.7. The zero-order chi connectivity index (χ0) is 26.3. The van der Waals surface area contributed by atoms with E-state index in [4.69, 9.17) is 0 Å². The van der Waals surface area contributed by atoms with Crippen LogP contribution in [-0.2, 0) is 19.4 Å². The molecule has 1 aromatic heterocycles. The van der Waals surface area contributed by atoms with Crippen molar-refractivity contribution in [3.63, 3.8) is 0 Å². The summed E-state index contributed by atoms with van der Waals surface area (Å²) in [5, 5.41) is 35.1. The Bertz CT molecular complexity index is 1260. The molecule has 2 aliphatic heterocycles. The van der Waals surface area contributed by atoms with Gasteiger partial charge in [0, 0.05) is 24.9 Å². The van der Waals surface area contributed by atoms with Gasteiger partial charge in [-0.1, -0.05) is 0 Å². The minimum Gasteiger partial charge on any atom is -0.480 e. The smallest absolute Gasteiger partial charge is 0.321 e. The fraction of sp³-hybridized carbons (Fsp3) is 0.625. The molecule has 6 atom stereocenters. The van der Waals surface area contributed by atoms with Crippen molar-refractivity contribution in [2.45, 2.75) is 55.1 Å². The van der Waals surface area contributed by atoms with E-state index in [2.05, 4.69) is 20.7 Å². The monoisotopic (exact) mass is 532 g/mol. The molecule has 1 aliphatic carbocycles. The van der Waals surface area contributed by atoms with Crippen molar-refractivity contribution in [3.05, 3.63) is 24.3 Å². The molecule has 2 saturated heterocycles. The Morgan fingerprint density at radius 3 is 2.49 bits per heavy atom. The van der Waals surface area contributed by atoms with E-state index in [1.165, 1.54) is 16.9 Å². The molecule has 2 aromatic rings. The Balaban J connectivity index is 1.23. The van der Waals surface area contributed by atoms with E-state index in [1.807, 2.05) is 4.90 Å². The number of carboxylic acid groups (broad SMARTS) is 2. The van der Waals surface area contributed by atoms with Crippen molar-refractivity contribution in [3.8, 4) is 11.4 Å². The number of nitrogens with one attached hydrogen (secondary N) is 1. The molecule has 200 valence electrons. The average molecular weight is 533 g/mol. The molecule has 12 nitrogen and oxygen atoms in total. The lowest BCUT2D eigenvalue weighted by molar-refractivity contribution is -0.142. The lowest BCUT2D eigenvalue weighted by Gasteiger charge is -2.42. The van der Waals surface area contributed by atoms with E-state index < -0.39 is 33.9 Å². The van der Waals surface area contributed by atoms with Crippen LogP contribution in [0.25, 0.3) is 11.4 Å². The molecule has 0 radical (unpaired) electrons. The number of benzene rings is 1. The zero-order valence-corrected chi connectivity index (χ0v) is 21.4. The molecule has 0 spiro atoms. The summed E-state index contributed by atoms with van der Waals surface area (Å²) in [5.74, 6) is -0.111. The molecule has 1 saturated carbocycles. The number of fused-ring (bicyclic) bond motifs is 1. The maximum Gasteiger partial charge on any atom is 0.321 e. The van der Waals surface area contributed by atoms with Crippen molar-refractivity contribution >= 4 is 21.8 Å². The van der Waals surface area contributed by atoms with Crippen LogP contribution in [0.1, 0.15) is 38.1 Å². The first-order valence-corrected chi connectivity index (χ1v) is 14.5. The second-order valence-electron chi connectivity index (χ2n) is 10.7. The van der Waals surface area contributed by atoms with Gasteiger partial charge in [-0.25, -0.2) is 8.42 Å². The van der Waals surface area contributed by atoms with Crippen molar-refractivity contribution in [1.82, 2.24) is 30.4 Å². The normalized spacial score (nSPS) is 30.6. The lowest BCUT2D eigenvalue weighted by Crippen LogP contribution is -2.50. The van der Waals surface area contributed by atoms with Crippen molar-refractivity contribution < 1.29 is 28.2 Å². The van der Waals surface area contributed by atoms with Gasteiger partial charge in [-0.3, -0.25) is 14.5 Å². The maximum absolute atomic E-state index is 12.1. The Labute approximate surface area is 215 Å². The van der Waals surface area contributed by atoms with Crippen LogP contribution in [0, 0.1) is 17.8 Å². The molecule has 1 aromatic carbocycles. The summed E-state index contributed by atoms with van der Waals surface area (Å²) in [7, 11) is -3.30. The van der Waals surface area contributed by atoms with Crippen LogP contribution in [0.15, 0.2) is 29.2 Å². The van der Waals surface area contributed by atoms with Gasteiger partial charge in [0.1, 0.15) is 12.1 Å². The Morgan fingerprint density at radius 1 is 1.05 bits per heavy atom. The van der Waals surface area contributed by atoms with Crippen LogP contribution in [0.3, 0.4) is 0 Å². The fourth-order valence-electron chi connectivity index (χ4n) is 6.20. The number of piperidine rings is 1. The first-order chi connectivity index (χ1) is 17.6. The largest absolute Gasteiger partial charge is 0.480 e. The molecule has 1 unspecified atom stereocenters. The van der Waals surface area contributed by atoms with E-state index >= 15 is 0 Å². The van der Waals surface area contributed by atoms with Crippen LogP contribution < -0.4 is 5.32 Å². The highest BCUT2D eigenvalue weighted by Gasteiger charge is 2.42. The van der Waals surface area contributed by atoms with Gasteiger partial charge in [0.15, 0.2) is 9.84 Å². The van der Waals surface area contributed by atoms with Gasteiger partial charge in [0.05, 0.1) is 10.9 Å². The van der Waals surface area contributed by atoms with Crippen molar-refractivity contribution in [2.75, 3.05) is 25.9 Å². The molecule has 5 rings (SSSR count). The average Bonchev–Trinajstić information content (AvgIpc) is 3.51. The Hall–Kier alpha value is -2.90. The van der Waals surface area contributed by atoms with Crippen LogP contribution in [0.4, 0.5) is 0 Å². The number of hydrogen-bond donors (Lipinski definition) is 3. The van der Waals surface area contributed by atoms with Gasteiger partial charge in [-0.05, 0) is 85.9 Å². The summed E-state index contributed by atoms with van der Waals surface area (Å²) in [6.45, 7) is 1.87. The molecule has 3 aliphatic rings. The number of likely N-dealkylation sites (tertiary alicyclic amines) is 1. The third-order valence-electron chi connectivity index (χ3n) is 8.17. The Kier molecular flexibility index (Phi) is 7.03. The molecule has 3 heterocycles. The van der Waals surface area contributed by atoms with Crippen molar-refractivity contribution in [2.24, 2.45) is 17.8 Å². The van der Waals surface area contributed by atoms with E-state index in [9.17, 15) is 28.2 Å². The second kappa shape index (κ2) is 10.1. The third-order valence-corrected chi connectivity index (χ3v) is 9.29. The van der Waals surface area contributed by atoms with Gasteiger partial charge >= 0.3 is 11.9 Å². The molecular formula is C24H32N6O6S. The predicted octanol–water partition coefficient (Wildman–Crippen LogP) is 0.923. The van der Waals surface area contributed by atoms with Crippen LogP contribution >= 0.6 is 0 Å². The first-order valence-electron chi connectivity index (χ1n) is 12.6. The van der Waals surface area contributed by atoms with E-state index in [1.54, 1.807) is 12.1 Å². The summed E-state index contributed by atoms with van der Waals surface area (Å²) in [6, 6.07) is 4.94. The fourth-order valence-corrected chi connectivity index (χ4v) is 6.83. The lowest BCUT2D eigenvalue weighted by atomic mass is 9.69. The number of rotatable bonds is 7. The van der Waals surface area contributed by atoms with Gasteiger partial charge in [0.25, 0.3) is 0 Å². The number of aromatic nitrogens is 4. The number of tetrazole rings is 1. The maximum atomic E-state index is 12.1. The number of hydrogen-bond acceptors (Lipinski definition) is 9. The summed E-state index contributed by atoms with van der Waals surface area (Å²) in [5.41, 5.74) is 0.631. The summed E-state index contributed by atoms with van der Waals surface area (Å²) < 4.78 is 23.4. The number of carbonyl (C=O) groups is 2. The molecule has 0 amide bonds. The molecule has 37 heavy (non-hydrogen) atoms. The van der Waals surface area contributed by atoms with Crippen LogP contribution in [0.5, 0.6) is 0 Å². The topological polar surface area (TPSA) is 168 Å². The zero-order valence-electron chi connectivity index (χ0n) is 20.6. The van der Waals surface area contributed by atoms with Gasteiger partial charge in [-0.15, -0.1) is 10.2 Å². The molecule has 3 fully saturated rings. The first kappa shape index (κ1) is 25.7. The number of nitrogens with zero attached hydrogens (tertiary/aromatic N) is 5. The number of aliphatic carboxylic acids is 2. The molecular weight excluding hydrogens is 500 g/mol. The van der Waals surface area contributed by atoms with Gasteiger partial charge < -0.3 is 15.5 Å². The molecule has 3 N–H and O–H groups in total. The Morgan fingerprint density at radius 2 is 1.81 bits per heavy atom. The predicted molar refractivity (Wildman–Crippen MR) is 131 cm³/mol. The summed E-state index contributed by atoms with van der Waals surface area (Å²) in [4.78, 5) is 27.1. The van der Waals surface area contributed by atoms with Crippen LogP contribution in [-0.4, -0.2) is 93.7 Å². The van der Waals surface area contributed by atoms with Gasteiger partial charge in [0.2, 0.25) is 5.82 Å². The van der Waals surface area contributed by atoms with Crippen LogP contribution in [0.2, 0.25) is 0 Å². The number of carboxylic acids is 2. The molecule has 13 heteroatoms. The quantitative estimate of drug-likeness (QED) is 0.464. The van der Waals surface area contributed by atoms with E-state index in [-0.39, 0.29) is 10.9 Å². The van der Waals surface area contributed by atoms with Crippen molar-refractivity contribution in [1.29, 1.82) is 0 Å². The SMILES string of the molecule is CS(=O)(=O)c1ccc(-c2nnn([C@H]3C[C@@H](C(=O)O)N(CC4CC[C@@H]5C[C@@H](C(=O)O)NC[C@@H]5C4)C3)n2)cc1. The van der Waals surface area contributed by atoms with Gasteiger partial charge in [-0.2, -0.15) is 4.80 Å². The highest BCUT2D eigenvalue weighted by atomic mass is 32.2. The minimum absolute atomic E-state index is 0.208. The highest BCUT2D eigenvalue weighted by Crippen LogP contribution is 2.40. The summed E-state index contributed by atoms with van der Waals surface area (Å²) >= 11 is 0. The number of sulfone groups is 1. The van der Waals surface area contributed by atoms with E-state index in [0.717, 1.165) is 25.5 Å². The van der Waals surface area contributed by atoms with E-state index in [0.29, 0.717) is 61.6 Å². The standard InChI is InChI=1S/C24H32N6O6S/c1-37(35,36)19-6-4-15(5-7-19)22-26-28-30(27-22)18-10-21(24(33)34)29(13-18)12-14-2-3-16-9-20(23(31)32)25-11-17(16)8-14/h4-7,14,16-18,20-21,25H,2-3,8-13H2,1H3,(H,31,32)(H,33,34)/t14?,16-,17+,18+,20+,21+/m1/s1.